The van der Waals surface area contributed by atoms with Gasteiger partial charge in [0.05, 0.1) is 43.0 Å². The van der Waals surface area contributed by atoms with Gasteiger partial charge in [0.2, 0.25) is 5.95 Å². The van der Waals surface area contributed by atoms with Crippen LogP contribution in [0.5, 0.6) is 0 Å². The van der Waals surface area contributed by atoms with Gasteiger partial charge < -0.3 is 4.90 Å². The zero-order valence-electron chi connectivity index (χ0n) is 15.0. The third kappa shape index (κ3) is 4.54. The molecule has 1 saturated heterocycles. The number of rotatable bonds is 6. The number of Topliss-reactive ketones (excluding diaryl/α,β-unsaturated/α-hetero) is 1. The summed E-state index contributed by atoms with van der Waals surface area (Å²) in [4.78, 5) is 40.9. The van der Waals surface area contributed by atoms with Crippen molar-refractivity contribution in [3.8, 4) is 0 Å². The smallest absolute Gasteiger partial charge is 0.312 e. The van der Waals surface area contributed by atoms with Gasteiger partial charge >= 0.3 is 6.03 Å². The molecule has 0 bridgehead atoms. The summed E-state index contributed by atoms with van der Waals surface area (Å²) in [6, 6.07) is 2.90. The number of amides is 2. The van der Waals surface area contributed by atoms with Gasteiger partial charge in [0.25, 0.3) is 0 Å². The molecule has 0 unspecified atom stereocenters. The number of carbonyl (C=O) groups is 2. The van der Waals surface area contributed by atoms with Crippen LogP contribution in [-0.2, 0) is 11.2 Å². The van der Waals surface area contributed by atoms with Crippen molar-refractivity contribution in [2.45, 2.75) is 26.3 Å². The van der Waals surface area contributed by atoms with Crippen molar-refractivity contribution in [1.29, 1.82) is 0 Å². The number of urea groups is 1. The molecule has 1 aliphatic heterocycles. The average molecular weight is 408 g/mol. The molecule has 3 rings (SSSR count). The highest BCUT2D eigenvalue weighted by Gasteiger charge is 2.41. The van der Waals surface area contributed by atoms with Crippen molar-refractivity contribution in [1.82, 2.24) is 19.9 Å². The minimum absolute atomic E-state index is 0.0000366. The molecule has 0 aliphatic carbocycles. The van der Waals surface area contributed by atoms with Crippen molar-refractivity contribution in [3.63, 3.8) is 0 Å². The molecule has 1 aliphatic rings. The molecule has 9 heteroatoms. The van der Waals surface area contributed by atoms with Gasteiger partial charge in [0, 0.05) is 16.9 Å². The van der Waals surface area contributed by atoms with Gasteiger partial charge in [0.1, 0.15) is 0 Å². The van der Waals surface area contributed by atoms with Gasteiger partial charge in [-0.3, -0.25) is 14.7 Å². The monoisotopic (exact) mass is 407 g/mol. The average Bonchev–Trinajstić information content (AvgIpc) is 2.92. The normalized spacial score (nSPS) is 17.1. The Morgan fingerprint density at radius 1 is 1.22 bits per heavy atom. The third-order valence-electron chi connectivity index (χ3n) is 4.37. The number of carbonyl (C=O) groups excluding carboxylic acids is 2. The number of anilines is 1. The molecule has 0 radical (unpaired) electrons. The molecule has 1 atom stereocenters. The predicted octanol–water partition coefficient (Wildman–Crippen LogP) is 3.26. The highest BCUT2D eigenvalue weighted by molar-refractivity contribution is 6.30. The van der Waals surface area contributed by atoms with E-state index in [0.29, 0.717) is 22.3 Å². The van der Waals surface area contributed by atoms with Crippen LogP contribution in [0.2, 0.25) is 10.0 Å². The lowest BCUT2D eigenvalue weighted by molar-refractivity contribution is -0.119. The van der Waals surface area contributed by atoms with Crippen LogP contribution in [0, 0.1) is 5.92 Å². The Morgan fingerprint density at radius 3 is 2.56 bits per heavy atom. The molecule has 2 aromatic rings. The van der Waals surface area contributed by atoms with E-state index in [0.717, 1.165) is 0 Å². The Labute approximate surface area is 167 Å². The number of pyridine rings is 1. The van der Waals surface area contributed by atoms with E-state index in [4.69, 9.17) is 23.2 Å². The van der Waals surface area contributed by atoms with Gasteiger partial charge in [-0.2, -0.15) is 0 Å². The summed E-state index contributed by atoms with van der Waals surface area (Å²) in [5.74, 6) is 0.340. The minimum Gasteiger partial charge on any atom is -0.312 e. The summed E-state index contributed by atoms with van der Waals surface area (Å²) in [6.07, 6.45) is 4.56. The van der Waals surface area contributed by atoms with Crippen molar-refractivity contribution in [2.24, 2.45) is 5.92 Å². The number of aromatic nitrogens is 3. The fourth-order valence-electron chi connectivity index (χ4n) is 3.02. The topological polar surface area (TPSA) is 79.3 Å². The number of nitrogens with zero attached hydrogens (tertiary/aromatic N) is 5. The first-order chi connectivity index (χ1) is 12.8. The molecule has 27 heavy (non-hydrogen) atoms. The molecule has 2 aromatic heterocycles. The summed E-state index contributed by atoms with van der Waals surface area (Å²) in [6.45, 7) is 4.45. The van der Waals surface area contributed by atoms with Crippen LogP contribution in [0.25, 0.3) is 0 Å². The maximum atomic E-state index is 12.9. The van der Waals surface area contributed by atoms with Crippen LogP contribution >= 0.6 is 23.2 Å². The van der Waals surface area contributed by atoms with Crippen LogP contribution in [0.15, 0.2) is 30.7 Å². The fourth-order valence-corrected chi connectivity index (χ4v) is 3.30. The Balaban J connectivity index is 1.75. The summed E-state index contributed by atoms with van der Waals surface area (Å²) < 4.78 is 0. The number of ketones is 1. The van der Waals surface area contributed by atoms with E-state index < -0.39 is 0 Å². The maximum Gasteiger partial charge on any atom is 0.327 e. The molecule has 142 valence electrons. The molecule has 0 saturated carbocycles. The van der Waals surface area contributed by atoms with Crippen LogP contribution < -0.4 is 4.90 Å². The molecular weight excluding hydrogens is 389 g/mol. The molecular formula is C18H19Cl2N5O2. The first kappa shape index (κ1) is 19.5. The van der Waals surface area contributed by atoms with E-state index in [1.165, 1.54) is 17.3 Å². The van der Waals surface area contributed by atoms with Crippen molar-refractivity contribution in [3.05, 3.63) is 46.5 Å². The lowest BCUT2D eigenvalue weighted by Crippen LogP contribution is -2.41. The molecule has 3 heterocycles. The molecule has 1 fully saturated rings. The highest BCUT2D eigenvalue weighted by atomic mass is 35.5. The second kappa shape index (κ2) is 8.19. The Hall–Kier alpha value is -2.25. The van der Waals surface area contributed by atoms with E-state index in [-0.39, 0.29) is 42.7 Å². The largest absolute Gasteiger partial charge is 0.327 e. The standard InChI is InChI=1S/C18H19Cl2N5O2/c1-11(2)16-10-25(17-22-7-13(20)8-23-17)18(27)24(16)9-15(26)6-14-5-12(19)3-4-21-14/h3-5,7-8,11,16H,6,9-10H2,1-2H3/t16-/m1/s1. The van der Waals surface area contributed by atoms with Crippen molar-refractivity contribution >= 4 is 41.0 Å². The zero-order valence-corrected chi connectivity index (χ0v) is 16.5. The molecule has 0 spiro atoms. The summed E-state index contributed by atoms with van der Waals surface area (Å²) >= 11 is 11.8. The molecule has 2 amide bonds. The molecule has 0 N–H and O–H groups in total. The van der Waals surface area contributed by atoms with Crippen LogP contribution in [0.3, 0.4) is 0 Å². The second-order valence-electron chi connectivity index (χ2n) is 6.71. The molecule has 7 nitrogen and oxygen atoms in total. The first-order valence-corrected chi connectivity index (χ1v) is 9.28. The minimum atomic E-state index is -0.288. The highest BCUT2D eigenvalue weighted by Crippen LogP contribution is 2.25. The number of hydrogen-bond donors (Lipinski definition) is 0. The lowest BCUT2D eigenvalue weighted by Gasteiger charge is -2.25. The van der Waals surface area contributed by atoms with Crippen molar-refractivity contribution < 1.29 is 9.59 Å². The predicted molar refractivity (Wildman–Crippen MR) is 103 cm³/mol. The SMILES string of the molecule is CC(C)[C@H]1CN(c2ncc(Cl)cn2)C(=O)N1CC(=O)Cc1cc(Cl)ccn1. The van der Waals surface area contributed by atoms with Crippen molar-refractivity contribution in [2.75, 3.05) is 18.0 Å². The lowest BCUT2D eigenvalue weighted by atomic mass is 10.0. The number of halogens is 2. The van der Waals surface area contributed by atoms with Gasteiger partial charge in [0.15, 0.2) is 5.78 Å². The van der Waals surface area contributed by atoms with Crippen LogP contribution in [0.1, 0.15) is 19.5 Å². The Bertz CT molecular complexity index is 844. The van der Waals surface area contributed by atoms with Gasteiger partial charge in [-0.15, -0.1) is 0 Å². The summed E-state index contributed by atoms with van der Waals surface area (Å²) in [5, 5.41) is 0.919. The second-order valence-corrected chi connectivity index (χ2v) is 7.59. The Morgan fingerprint density at radius 2 is 1.93 bits per heavy atom. The summed E-state index contributed by atoms with van der Waals surface area (Å²) in [5.41, 5.74) is 0.582. The summed E-state index contributed by atoms with van der Waals surface area (Å²) in [7, 11) is 0. The molecule has 0 aromatic carbocycles. The van der Waals surface area contributed by atoms with Gasteiger partial charge in [-0.1, -0.05) is 37.0 Å². The van der Waals surface area contributed by atoms with Crippen LogP contribution in [0.4, 0.5) is 10.7 Å². The Kier molecular flexibility index (Phi) is 5.92. The van der Waals surface area contributed by atoms with Gasteiger partial charge in [-0.25, -0.2) is 14.8 Å². The van der Waals surface area contributed by atoms with E-state index in [2.05, 4.69) is 15.0 Å². The first-order valence-electron chi connectivity index (χ1n) is 8.53. The number of hydrogen-bond acceptors (Lipinski definition) is 5. The maximum absolute atomic E-state index is 12.9. The zero-order chi connectivity index (χ0) is 19.6. The van der Waals surface area contributed by atoms with E-state index in [9.17, 15) is 9.59 Å². The van der Waals surface area contributed by atoms with Gasteiger partial charge in [-0.05, 0) is 18.1 Å². The quantitative estimate of drug-likeness (QED) is 0.733. The fraction of sp³-hybridized carbons (Fsp3) is 0.389. The van der Waals surface area contributed by atoms with Crippen LogP contribution in [-0.4, -0.2) is 50.8 Å². The van der Waals surface area contributed by atoms with E-state index >= 15 is 0 Å². The van der Waals surface area contributed by atoms with E-state index in [1.54, 1.807) is 23.2 Å². The third-order valence-corrected chi connectivity index (χ3v) is 4.80. The van der Waals surface area contributed by atoms with E-state index in [1.807, 2.05) is 13.8 Å².